The predicted octanol–water partition coefficient (Wildman–Crippen LogP) is 0.509. The second-order valence-corrected chi connectivity index (χ2v) is 4.17. The lowest BCUT2D eigenvalue weighted by atomic mass is 10.3. The molecule has 16 heavy (non-hydrogen) atoms. The van der Waals surface area contributed by atoms with Gasteiger partial charge < -0.3 is 15.2 Å². The Labute approximate surface area is 96.2 Å². The van der Waals surface area contributed by atoms with E-state index in [-0.39, 0.29) is 0 Å². The molecule has 5 heteroatoms. The highest BCUT2D eigenvalue weighted by Gasteiger charge is 2.13. The van der Waals surface area contributed by atoms with E-state index in [2.05, 4.69) is 27.3 Å². The molecule has 0 unspecified atom stereocenters. The molecular formula is C11H19N5. The van der Waals surface area contributed by atoms with Crippen LogP contribution in [-0.4, -0.2) is 43.1 Å². The summed E-state index contributed by atoms with van der Waals surface area (Å²) in [5.41, 5.74) is 2.58. The van der Waals surface area contributed by atoms with Gasteiger partial charge >= 0.3 is 0 Å². The van der Waals surface area contributed by atoms with Crippen LogP contribution in [-0.2, 0) is 0 Å². The van der Waals surface area contributed by atoms with Crippen LogP contribution in [0, 0.1) is 0 Å². The van der Waals surface area contributed by atoms with Crippen LogP contribution >= 0.6 is 0 Å². The number of hydrazine groups is 1. The van der Waals surface area contributed by atoms with Crippen molar-refractivity contribution in [3.05, 3.63) is 18.2 Å². The van der Waals surface area contributed by atoms with E-state index in [9.17, 15) is 0 Å². The van der Waals surface area contributed by atoms with Crippen LogP contribution in [0.3, 0.4) is 0 Å². The molecule has 1 saturated heterocycles. The normalized spacial score (nSPS) is 18.2. The standard InChI is InChI=1S/C11H19N5/c1-15-6-3-7-16(9-8-15)11-5-2-4-10(13-11)14-12/h2,4-5H,3,6-9,12H2,1H3,(H,13,14). The number of pyridine rings is 1. The van der Waals surface area contributed by atoms with E-state index < -0.39 is 0 Å². The second-order valence-electron chi connectivity index (χ2n) is 4.17. The third-order valence-electron chi connectivity index (χ3n) is 2.93. The first kappa shape index (κ1) is 11.2. The zero-order valence-electron chi connectivity index (χ0n) is 9.69. The Hall–Kier alpha value is -1.33. The molecule has 1 aliphatic heterocycles. The Balaban J connectivity index is 2.10. The molecule has 5 nitrogen and oxygen atoms in total. The summed E-state index contributed by atoms with van der Waals surface area (Å²) in [6.45, 7) is 4.33. The average molecular weight is 221 g/mol. The largest absolute Gasteiger partial charge is 0.355 e. The molecule has 2 rings (SSSR count). The van der Waals surface area contributed by atoms with Crippen molar-refractivity contribution in [1.82, 2.24) is 9.88 Å². The van der Waals surface area contributed by atoms with Gasteiger partial charge in [-0.1, -0.05) is 6.07 Å². The lowest BCUT2D eigenvalue weighted by Gasteiger charge is -2.21. The molecule has 1 aromatic rings. The number of anilines is 2. The monoisotopic (exact) mass is 221 g/mol. The second kappa shape index (κ2) is 5.14. The molecule has 2 heterocycles. The van der Waals surface area contributed by atoms with Crippen molar-refractivity contribution in [3.63, 3.8) is 0 Å². The number of hydrogen-bond acceptors (Lipinski definition) is 5. The quantitative estimate of drug-likeness (QED) is 0.563. The molecule has 0 radical (unpaired) electrons. The third-order valence-corrected chi connectivity index (χ3v) is 2.93. The van der Waals surface area contributed by atoms with Crippen LogP contribution in [0.15, 0.2) is 18.2 Å². The first-order valence-corrected chi connectivity index (χ1v) is 5.67. The lowest BCUT2D eigenvalue weighted by molar-refractivity contribution is 0.360. The average Bonchev–Trinajstić information content (AvgIpc) is 2.54. The summed E-state index contributed by atoms with van der Waals surface area (Å²) in [4.78, 5) is 9.11. The van der Waals surface area contributed by atoms with Crippen molar-refractivity contribution in [2.24, 2.45) is 5.84 Å². The van der Waals surface area contributed by atoms with Crippen LogP contribution in [0.2, 0.25) is 0 Å². The van der Waals surface area contributed by atoms with Gasteiger partial charge in [-0.25, -0.2) is 10.8 Å². The molecule has 1 aliphatic rings. The predicted molar refractivity (Wildman–Crippen MR) is 66.4 cm³/mol. The van der Waals surface area contributed by atoms with Gasteiger partial charge in [0.25, 0.3) is 0 Å². The maximum Gasteiger partial charge on any atom is 0.142 e. The van der Waals surface area contributed by atoms with Gasteiger partial charge in [0.2, 0.25) is 0 Å². The third kappa shape index (κ3) is 2.62. The minimum Gasteiger partial charge on any atom is -0.355 e. The first-order chi connectivity index (χ1) is 7.79. The minimum atomic E-state index is 0.718. The fourth-order valence-corrected chi connectivity index (χ4v) is 1.96. The molecule has 0 bridgehead atoms. The van der Waals surface area contributed by atoms with Gasteiger partial charge in [0.05, 0.1) is 0 Å². The van der Waals surface area contributed by atoms with Crippen LogP contribution < -0.4 is 16.2 Å². The van der Waals surface area contributed by atoms with Crippen molar-refractivity contribution in [2.75, 3.05) is 43.6 Å². The summed E-state index contributed by atoms with van der Waals surface area (Å²) in [6, 6.07) is 5.88. The van der Waals surface area contributed by atoms with Gasteiger partial charge in [-0.05, 0) is 32.1 Å². The van der Waals surface area contributed by atoms with Gasteiger partial charge in [-0.2, -0.15) is 0 Å². The van der Waals surface area contributed by atoms with Crippen molar-refractivity contribution >= 4 is 11.6 Å². The van der Waals surface area contributed by atoms with Crippen molar-refractivity contribution in [2.45, 2.75) is 6.42 Å². The van der Waals surface area contributed by atoms with Gasteiger partial charge in [-0.15, -0.1) is 0 Å². The Morgan fingerprint density at radius 3 is 2.94 bits per heavy atom. The van der Waals surface area contributed by atoms with E-state index in [0.29, 0.717) is 0 Å². The van der Waals surface area contributed by atoms with E-state index >= 15 is 0 Å². The number of rotatable bonds is 2. The molecule has 3 N–H and O–H groups in total. The summed E-state index contributed by atoms with van der Waals surface area (Å²) in [5.74, 6) is 7.08. The number of aromatic nitrogens is 1. The maximum atomic E-state index is 5.36. The summed E-state index contributed by atoms with van der Waals surface area (Å²) in [6.07, 6.45) is 1.18. The Morgan fingerprint density at radius 2 is 2.12 bits per heavy atom. The van der Waals surface area contributed by atoms with E-state index in [0.717, 1.165) is 37.8 Å². The molecule has 0 spiro atoms. The molecule has 1 aromatic heterocycles. The number of nitrogens with one attached hydrogen (secondary N) is 1. The van der Waals surface area contributed by atoms with Crippen LogP contribution in [0.4, 0.5) is 11.6 Å². The highest BCUT2D eigenvalue weighted by atomic mass is 15.3. The highest BCUT2D eigenvalue weighted by molar-refractivity contribution is 5.46. The SMILES string of the molecule is CN1CCCN(c2cccc(NN)n2)CC1. The maximum absolute atomic E-state index is 5.36. The fourth-order valence-electron chi connectivity index (χ4n) is 1.96. The van der Waals surface area contributed by atoms with Crippen LogP contribution in [0.1, 0.15) is 6.42 Å². The number of likely N-dealkylation sites (N-methyl/N-ethyl adjacent to an activating group) is 1. The molecule has 88 valence electrons. The molecular weight excluding hydrogens is 202 g/mol. The molecule has 0 atom stereocenters. The Bertz CT molecular complexity index is 341. The minimum absolute atomic E-state index is 0.718. The Kier molecular flexibility index (Phi) is 3.58. The number of nitrogens with two attached hydrogens (primary N) is 1. The summed E-state index contributed by atoms with van der Waals surface area (Å²) in [5, 5.41) is 0. The molecule has 0 amide bonds. The van der Waals surface area contributed by atoms with Gasteiger partial charge in [0, 0.05) is 19.6 Å². The van der Waals surface area contributed by atoms with Gasteiger partial charge in [0.1, 0.15) is 11.6 Å². The zero-order chi connectivity index (χ0) is 11.4. The summed E-state index contributed by atoms with van der Waals surface area (Å²) < 4.78 is 0. The van der Waals surface area contributed by atoms with Crippen molar-refractivity contribution < 1.29 is 0 Å². The Morgan fingerprint density at radius 1 is 1.25 bits per heavy atom. The lowest BCUT2D eigenvalue weighted by Crippen LogP contribution is -2.29. The van der Waals surface area contributed by atoms with Gasteiger partial charge in [-0.3, -0.25) is 0 Å². The smallest absolute Gasteiger partial charge is 0.142 e. The first-order valence-electron chi connectivity index (χ1n) is 5.67. The van der Waals surface area contributed by atoms with Crippen molar-refractivity contribution in [1.29, 1.82) is 0 Å². The number of hydrogen-bond donors (Lipinski definition) is 2. The zero-order valence-corrected chi connectivity index (χ0v) is 9.69. The van der Waals surface area contributed by atoms with Crippen LogP contribution in [0.25, 0.3) is 0 Å². The van der Waals surface area contributed by atoms with Crippen molar-refractivity contribution in [3.8, 4) is 0 Å². The molecule has 1 fully saturated rings. The summed E-state index contributed by atoms with van der Waals surface area (Å²) in [7, 11) is 2.16. The number of nitrogens with zero attached hydrogens (tertiary/aromatic N) is 3. The number of nitrogen functional groups attached to an aromatic ring is 1. The topological polar surface area (TPSA) is 57.4 Å². The highest BCUT2D eigenvalue weighted by Crippen LogP contribution is 2.15. The molecule has 0 aliphatic carbocycles. The summed E-state index contributed by atoms with van der Waals surface area (Å²) >= 11 is 0. The van der Waals surface area contributed by atoms with Crippen LogP contribution in [0.5, 0.6) is 0 Å². The van der Waals surface area contributed by atoms with E-state index in [1.807, 2.05) is 18.2 Å². The van der Waals surface area contributed by atoms with E-state index in [1.54, 1.807) is 0 Å². The molecule has 0 aromatic carbocycles. The van der Waals surface area contributed by atoms with Gasteiger partial charge in [0.15, 0.2) is 0 Å². The molecule has 0 saturated carbocycles. The fraction of sp³-hybridized carbons (Fsp3) is 0.545. The van der Waals surface area contributed by atoms with E-state index in [4.69, 9.17) is 5.84 Å². The van der Waals surface area contributed by atoms with E-state index in [1.165, 1.54) is 6.42 Å².